The summed E-state index contributed by atoms with van der Waals surface area (Å²) >= 11 is 5.08. The van der Waals surface area contributed by atoms with E-state index in [1.54, 1.807) is 12.1 Å². The minimum atomic E-state index is -4.72. The lowest BCUT2D eigenvalue weighted by atomic mass is 10.1. The van der Waals surface area contributed by atoms with Crippen LogP contribution in [0, 0.1) is 0 Å². The highest BCUT2D eigenvalue weighted by atomic mass is 32.1. The molecule has 2 aromatic rings. The molecule has 0 aliphatic heterocycles. The van der Waals surface area contributed by atoms with Gasteiger partial charge in [-0.1, -0.05) is 30.3 Å². The van der Waals surface area contributed by atoms with E-state index in [-0.39, 0.29) is 17.4 Å². The second-order valence-electron chi connectivity index (χ2n) is 4.83. The number of rotatable bonds is 5. The van der Waals surface area contributed by atoms with E-state index in [1.165, 1.54) is 24.3 Å². The predicted molar refractivity (Wildman–Crippen MR) is 88.8 cm³/mol. The smallest absolute Gasteiger partial charge is 0.406 e. The monoisotopic (exact) mass is 356 g/mol. The van der Waals surface area contributed by atoms with Crippen LogP contribution in [-0.4, -0.2) is 23.1 Å². The van der Waals surface area contributed by atoms with Crippen molar-refractivity contribution >= 4 is 23.0 Å². The number of hydrogen-bond acceptors (Lipinski definition) is 3. The molecule has 0 unspecified atom stereocenters. The molecule has 2 aromatic carbocycles. The van der Waals surface area contributed by atoms with Gasteiger partial charge in [0.05, 0.1) is 6.10 Å². The molecule has 0 bridgehead atoms. The fourth-order valence-corrected chi connectivity index (χ4v) is 2.10. The highest BCUT2D eigenvalue weighted by Gasteiger charge is 2.30. The molecule has 0 aromatic heterocycles. The first kappa shape index (κ1) is 18.0. The Morgan fingerprint density at radius 2 is 1.71 bits per heavy atom. The average Bonchev–Trinajstić information content (AvgIpc) is 2.54. The lowest BCUT2D eigenvalue weighted by molar-refractivity contribution is -0.274. The van der Waals surface area contributed by atoms with Gasteiger partial charge in [0.25, 0.3) is 0 Å². The van der Waals surface area contributed by atoms with E-state index in [0.29, 0.717) is 5.69 Å². The van der Waals surface area contributed by atoms with Crippen LogP contribution in [0.3, 0.4) is 0 Å². The third-order valence-corrected chi connectivity index (χ3v) is 3.23. The third-order valence-electron chi connectivity index (χ3n) is 2.99. The zero-order valence-electron chi connectivity index (χ0n) is 12.4. The normalized spacial score (nSPS) is 12.3. The summed E-state index contributed by atoms with van der Waals surface area (Å²) in [5, 5.41) is 15.9. The SMILES string of the molecule is O[C@H](CNC(=S)Nc1ccc(OC(F)(F)F)cc1)c1ccccc1. The Bertz CT molecular complexity index is 663. The second-order valence-corrected chi connectivity index (χ2v) is 5.24. The number of hydrogen-bond donors (Lipinski definition) is 3. The fourth-order valence-electron chi connectivity index (χ4n) is 1.90. The molecule has 3 N–H and O–H groups in total. The molecule has 0 heterocycles. The highest BCUT2D eigenvalue weighted by molar-refractivity contribution is 7.80. The van der Waals surface area contributed by atoms with Gasteiger partial charge in [0.1, 0.15) is 5.75 Å². The first-order valence-electron chi connectivity index (χ1n) is 6.97. The van der Waals surface area contributed by atoms with Gasteiger partial charge in [0.2, 0.25) is 0 Å². The van der Waals surface area contributed by atoms with Gasteiger partial charge in [-0.05, 0) is 42.0 Å². The van der Waals surface area contributed by atoms with Crippen molar-refractivity contribution in [3.05, 3.63) is 60.2 Å². The molecule has 0 fully saturated rings. The van der Waals surface area contributed by atoms with Gasteiger partial charge >= 0.3 is 6.36 Å². The van der Waals surface area contributed by atoms with Crippen LogP contribution in [0.25, 0.3) is 0 Å². The van der Waals surface area contributed by atoms with Crippen LogP contribution in [0.2, 0.25) is 0 Å². The maximum atomic E-state index is 12.1. The Morgan fingerprint density at radius 1 is 1.08 bits per heavy atom. The van der Waals surface area contributed by atoms with Crippen LogP contribution in [-0.2, 0) is 0 Å². The summed E-state index contributed by atoms with van der Waals surface area (Å²) in [6.07, 6.45) is -5.45. The van der Waals surface area contributed by atoms with Crippen molar-refractivity contribution in [2.24, 2.45) is 0 Å². The highest BCUT2D eigenvalue weighted by Crippen LogP contribution is 2.23. The largest absolute Gasteiger partial charge is 0.573 e. The number of halogens is 3. The van der Waals surface area contributed by atoms with E-state index in [9.17, 15) is 18.3 Å². The summed E-state index contributed by atoms with van der Waals surface area (Å²) in [5.74, 6) is -0.313. The summed E-state index contributed by atoms with van der Waals surface area (Å²) < 4.78 is 40.0. The van der Waals surface area contributed by atoms with Crippen LogP contribution >= 0.6 is 12.2 Å². The maximum absolute atomic E-state index is 12.1. The topological polar surface area (TPSA) is 53.5 Å². The van der Waals surface area contributed by atoms with Crippen molar-refractivity contribution in [2.45, 2.75) is 12.5 Å². The summed E-state index contributed by atoms with van der Waals surface area (Å²) in [7, 11) is 0. The summed E-state index contributed by atoms with van der Waals surface area (Å²) in [5.41, 5.74) is 1.25. The number of aliphatic hydroxyl groups excluding tert-OH is 1. The Kier molecular flexibility index (Phi) is 5.99. The van der Waals surface area contributed by atoms with E-state index >= 15 is 0 Å². The number of benzene rings is 2. The Morgan fingerprint density at radius 3 is 2.29 bits per heavy atom. The van der Waals surface area contributed by atoms with Crippen molar-refractivity contribution in [2.75, 3.05) is 11.9 Å². The quantitative estimate of drug-likeness (QED) is 0.715. The predicted octanol–water partition coefficient (Wildman–Crippen LogP) is 3.61. The molecule has 24 heavy (non-hydrogen) atoms. The molecule has 128 valence electrons. The van der Waals surface area contributed by atoms with E-state index in [0.717, 1.165) is 5.56 Å². The standard InChI is InChI=1S/C16H15F3N2O2S/c17-16(18,19)23-13-8-6-12(7-9-13)21-15(24)20-10-14(22)11-4-2-1-3-5-11/h1-9,14,22H,10H2,(H2,20,21,24)/t14-/m1/s1. The number of ether oxygens (including phenoxy) is 1. The van der Waals surface area contributed by atoms with Crippen LogP contribution in [0.1, 0.15) is 11.7 Å². The molecular formula is C16H15F3N2O2S. The van der Waals surface area contributed by atoms with Crippen LogP contribution in [0.5, 0.6) is 5.75 Å². The first-order chi connectivity index (χ1) is 11.3. The Hall–Kier alpha value is -2.32. The average molecular weight is 356 g/mol. The fraction of sp³-hybridized carbons (Fsp3) is 0.188. The number of alkyl halides is 3. The maximum Gasteiger partial charge on any atom is 0.573 e. The van der Waals surface area contributed by atoms with Crippen LogP contribution in [0.15, 0.2) is 54.6 Å². The Balaban J connectivity index is 1.82. The van der Waals surface area contributed by atoms with Crippen molar-refractivity contribution < 1.29 is 23.0 Å². The second kappa shape index (κ2) is 7.98. The third kappa shape index (κ3) is 6.05. The first-order valence-corrected chi connectivity index (χ1v) is 7.38. The molecule has 0 aliphatic rings. The zero-order chi connectivity index (χ0) is 17.6. The number of anilines is 1. The summed E-state index contributed by atoms with van der Waals surface area (Å²) in [4.78, 5) is 0. The van der Waals surface area contributed by atoms with Gasteiger partial charge in [0, 0.05) is 12.2 Å². The van der Waals surface area contributed by atoms with Gasteiger partial charge in [-0.2, -0.15) is 0 Å². The summed E-state index contributed by atoms with van der Waals surface area (Å²) in [6.45, 7) is 0.200. The minimum absolute atomic E-state index is 0.200. The van der Waals surface area contributed by atoms with Crippen LogP contribution in [0.4, 0.5) is 18.9 Å². The summed E-state index contributed by atoms with van der Waals surface area (Å²) in [6, 6.07) is 14.2. The van der Waals surface area contributed by atoms with Gasteiger partial charge in [-0.3, -0.25) is 0 Å². The molecule has 0 spiro atoms. The van der Waals surface area contributed by atoms with E-state index < -0.39 is 12.5 Å². The number of aliphatic hydroxyl groups is 1. The Labute approximate surface area is 142 Å². The van der Waals surface area contributed by atoms with Gasteiger partial charge in [-0.25, -0.2) is 0 Å². The number of thiocarbonyl (C=S) groups is 1. The molecule has 0 aliphatic carbocycles. The van der Waals surface area contributed by atoms with E-state index in [2.05, 4.69) is 15.4 Å². The van der Waals surface area contributed by atoms with Gasteiger partial charge < -0.3 is 20.5 Å². The molecule has 4 nitrogen and oxygen atoms in total. The molecule has 8 heteroatoms. The van der Waals surface area contributed by atoms with Crippen LogP contribution < -0.4 is 15.4 Å². The molecule has 1 atom stereocenters. The molecule has 2 rings (SSSR count). The van der Waals surface area contributed by atoms with E-state index in [1.807, 2.05) is 18.2 Å². The molecule has 0 amide bonds. The van der Waals surface area contributed by atoms with Crippen molar-refractivity contribution in [3.63, 3.8) is 0 Å². The zero-order valence-corrected chi connectivity index (χ0v) is 13.2. The lowest BCUT2D eigenvalue weighted by Gasteiger charge is -2.15. The van der Waals surface area contributed by atoms with Gasteiger partial charge in [0.15, 0.2) is 5.11 Å². The van der Waals surface area contributed by atoms with E-state index in [4.69, 9.17) is 12.2 Å². The lowest BCUT2D eigenvalue weighted by Crippen LogP contribution is -2.32. The minimum Gasteiger partial charge on any atom is -0.406 e. The van der Waals surface area contributed by atoms with Crippen molar-refractivity contribution in [3.8, 4) is 5.75 Å². The molecule has 0 radical (unpaired) electrons. The number of nitrogens with one attached hydrogen (secondary N) is 2. The van der Waals surface area contributed by atoms with Crippen molar-refractivity contribution in [1.82, 2.24) is 5.32 Å². The molecule has 0 saturated carbocycles. The molecule has 0 saturated heterocycles. The van der Waals surface area contributed by atoms with Gasteiger partial charge in [-0.15, -0.1) is 13.2 Å². The van der Waals surface area contributed by atoms with Crippen molar-refractivity contribution in [1.29, 1.82) is 0 Å². The molecular weight excluding hydrogens is 341 g/mol.